The highest BCUT2D eigenvalue weighted by atomic mass is 32.1. The van der Waals surface area contributed by atoms with Crippen LogP contribution >= 0.6 is 12.6 Å². The van der Waals surface area contributed by atoms with Crippen LogP contribution in [0.3, 0.4) is 0 Å². The van der Waals surface area contributed by atoms with Gasteiger partial charge in [-0.3, -0.25) is 4.79 Å². The number of carbonyl (C=O) groups is 2. The van der Waals surface area contributed by atoms with Gasteiger partial charge in [-0.15, -0.1) is 12.6 Å². The molecular formula is C22H42O4S. The summed E-state index contributed by atoms with van der Waals surface area (Å²) >= 11 is 3.58. The van der Waals surface area contributed by atoms with Crippen LogP contribution in [0, 0.1) is 0 Å². The number of carboxylic acid groups (broad SMARTS) is 1. The van der Waals surface area contributed by atoms with Crippen LogP contribution in [0.25, 0.3) is 0 Å². The van der Waals surface area contributed by atoms with Crippen LogP contribution in [-0.2, 0) is 9.59 Å². The van der Waals surface area contributed by atoms with Crippen LogP contribution in [0.15, 0.2) is 0 Å². The number of aliphatic hydroxyl groups is 1. The molecule has 0 aliphatic heterocycles. The Morgan fingerprint density at radius 3 is 1.33 bits per heavy atom. The van der Waals surface area contributed by atoms with Crippen molar-refractivity contribution < 1.29 is 19.8 Å². The number of carbonyl (C=O) groups excluding carboxylic acids is 1. The number of hydrogen-bond donors (Lipinski definition) is 3. The van der Waals surface area contributed by atoms with Gasteiger partial charge < -0.3 is 10.2 Å². The molecule has 4 nitrogen and oxygen atoms in total. The van der Waals surface area contributed by atoms with Crippen molar-refractivity contribution in [2.75, 3.05) is 0 Å². The maximum atomic E-state index is 11.1. The summed E-state index contributed by atoms with van der Waals surface area (Å²) in [5.41, 5.74) is -1.95. The molecule has 0 radical (unpaired) electrons. The van der Waals surface area contributed by atoms with Crippen molar-refractivity contribution in [3.63, 3.8) is 0 Å². The Morgan fingerprint density at radius 1 is 0.704 bits per heavy atom. The van der Waals surface area contributed by atoms with Crippen LogP contribution in [0.4, 0.5) is 0 Å². The molecule has 0 heterocycles. The topological polar surface area (TPSA) is 74.6 Å². The average molecular weight is 403 g/mol. The van der Waals surface area contributed by atoms with E-state index in [2.05, 4.69) is 19.6 Å². The van der Waals surface area contributed by atoms with E-state index >= 15 is 0 Å². The molecule has 0 aliphatic rings. The van der Waals surface area contributed by atoms with Gasteiger partial charge in [-0.2, -0.15) is 0 Å². The third kappa shape index (κ3) is 16.1. The molecule has 0 saturated carbocycles. The van der Waals surface area contributed by atoms with Crippen LogP contribution in [-0.4, -0.2) is 26.9 Å². The third-order valence-corrected chi connectivity index (χ3v) is 5.44. The number of rotatable bonds is 20. The summed E-state index contributed by atoms with van der Waals surface area (Å²) in [7, 11) is 0. The number of thiol groups is 1. The summed E-state index contributed by atoms with van der Waals surface area (Å²) in [5, 5.41) is 18.5. The van der Waals surface area contributed by atoms with E-state index in [1.807, 2.05) is 0 Å². The smallest absolute Gasteiger partial charge is 0.336 e. The van der Waals surface area contributed by atoms with Crippen LogP contribution in [0.2, 0.25) is 0 Å². The minimum Gasteiger partial charge on any atom is -0.479 e. The normalized spacial score (nSPS) is 13.4. The number of aliphatic carboxylic acids is 1. The van der Waals surface area contributed by atoms with Gasteiger partial charge in [0.25, 0.3) is 0 Å². The summed E-state index contributed by atoms with van der Waals surface area (Å²) in [6, 6.07) is 0. The molecule has 0 aliphatic carbocycles. The second kappa shape index (κ2) is 17.5. The molecule has 0 amide bonds. The minimum atomic E-state index is -1.95. The maximum absolute atomic E-state index is 11.1. The van der Waals surface area contributed by atoms with E-state index in [9.17, 15) is 14.7 Å². The number of unbranched alkanes of at least 4 members (excludes halogenated alkanes) is 15. The first-order valence-electron chi connectivity index (χ1n) is 11.1. The Hall–Kier alpha value is -0.550. The zero-order chi connectivity index (χ0) is 20.4. The van der Waals surface area contributed by atoms with E-state index < -0.39 is 23.1 Å². The Balaban J connectivity index is 3.40. The van der Waals surface area contributed by atoms with Crippen molar-refractivity contribution in [1.29, 1.82) is 0 Å². The summed E-state index contributed by atoms with van der Waals surface area (Å²) < 4.78 is 0. The predicted octanol–water partition coefficient (Wildman–Crippen LogP) is 6.30. The molecule has 0 fully saturated rings. The Kier molecular flexibility index (Phi) is 17.2. The van der Waals surface area contributed by atoms with E-state index in [0.29, 0.717) is 6.42 Å². The van der Waals surface area contributed by atoms with E-state index in [0.717, 1.165) is 19.3 Å². The van der Waals surface area contributed by atoms with Crippen LogP contribution < -0.4 is 0 Å². The van der Waals surface area contributed by atoms with Crippen LogP contribution in [0.1, 0.15) is 122 Å². The van der Waals surface area contributed by atoms with Crippen molar-refractivity contribution in [2.24, 2.45) is 0 Å². The molecule has 27 heavy (non-hydrogen) atoms. The van der Waals surface area contributed by atoms with Gasteiger partial charge in [0.1, 0.15) is 0 Å². The lowest BCUT2D eigenvalue weighted by Gasteiger charge is -2.21. The molecule has 0 saturated heterocycles. The summed E-state index contributed by atoms with van der Waals surface area (Å²) in [5.74, 6) is -1.33. The molecule has 0 bridgehead atoms. The Bertz CT molecular complexity index is 387. The lowest BCUT2D eigenvalue weighted by molar-refractivity contribution is -0.161. The molecular weight excluding hydrogens is 360 g/mol. The highest BCUT2D eigenvalue weighted by Crippen LogP contribution is 2.22. The molecule has 1 unspecified atom stereocenters. The summed E-state index contributed by atoms with van der Waals surface area (Å²) in [6.07, 6.45) is 19.7. The molecule has 0 aromatic heterocycles. The minimum absolute atomic E-state index is 0.118. The molecule has 0 aromatic rings. The van der Waals surface area contributed by atoms with Crippen LogP contribution in [0.5, 0.6) is 0 Å². The first-order valence-corrected chi connectivity index (χ1v) is 11.5. The Morgan fingerprint density at radius 2 is 1.04 bits per heavy atom. The molecule has 1 atom stereocenters. The lowest BCUT2D eigenvalue weighted by atomic mass is 9.92. The van der Waals surface area contributed by atoms with Gasteiger partial charge in [0.15, 0.2) is 10.7 Å². The van der Waals surface area contributed by atoms with E-state index in [1.165, 1.54) is 77.0 Å². The molecule has 2 N–H and O–H groups in total. The van der Waals surface area contributed by atoms with Crippen molar-refractivity contribution >= 4 is 23.7 Å². The SMILES string of the molecule is CCCCCCCCCCCCCCCCCCC(O)(CC(=O)S)C(=O)O. The number of hydrogen-bond acceptors (Lipinski definition) is 3. The molecule has 5 heteroatoms. The third-order valence-electron chi connectivity index (χ3n) is 5.29. The highest BCUT2D eigenvalue weighted by molar-refractivity contribution is 7.96. The summed E-state index contributed by atoms with van der Waals surface area (Å²) in [6.45, 7) is 2.26. The molecule has 160 valence electrons. The fraction of sp³-hybridized carbons (Fsp3) is 0.909. The lowest BCUT2D eigenvalue weighted by Crippen LogP contribution is -2.39. The standard InChI is InChI=1S/C22H42O4S/c1-2-3-4-5-6-7-8-9-10-11-12-13-14-15-16-17-18-22(26,21(24)25)19-20(23)27/h26H,2-19H2,1H3,(H,23,27)(H,24,25). The average Bonchev–Trinajstić information content (AvgIpc) is 2.60. The van der Waals surface area contributed by atoms with E-state index in [-0.39, 0.29) is 6.42 Å². The van der Waals surface area contributed by atoms with Crippen molar-refractivity contribution in [3.8, 4) is 0 Å². The van der Waals surface area contributed by atoms with Gasteiger partial charge in [-0.05, 0) is 12.8 Å². The van der Waals surface area contributed by atoms with E-state index in [1.54, 1.807) is 0 Å². The largest absolute Gasteiger partial charge is 0.479 e. The molecule has 0 rings (SSSR count). The van der Waals surface area contributed by atoms with Crippen molar-refractivity contribution in [1.82, 2.24) is 0 Å². The summed E-state index contributed by atoms with van der Waals surface area (Å²) in [4.78, 5) is 22.1. The molecule has 0 aromatic carbocycles. The second-order valence-corrected chi connectivity index (χ2v) is 8.46. The highest BCUT2D eigenvalue weighted by Gasteiger charge is 2.36. The predicted molar refractivity (Wildman–Crippen MR) is 115 cm³/mol. The number of carboxylic acids is 1. The van der Waals surface area contributed by atoms with Gasteiger partial charge in [0, 0.05) is 0 Å². The van der Waals surface area contributed by atoms with Gasteiger partial charge in [0.05, 0.1) is 6.42 Å². The fourth-order valence-corrected chi connectivity index (χ4v) is 3.75. The van der Waals surface area contributed by atoms with Gasteiger partial charge in [-0.1, -0.05) is 103 Å². The monoisotopic (exact) mass is 402 g/mol. The van der Waals surface area contributed by atoms with Gasteiger partial charge in [-0.25, -0.2) is 4.79 Å². The van der Waals surface area contributed by atoms with E-state index in [4.69, 9.17) is 5.11 Å². The Labute approximate surface area is 171 Å². The fourth-order valence-electron chi connectivity index (χ4n) is 3.49. The van der Waals surface area contributed by atoms with Gasteiger partial charge in [0.2, 0.25) is 0 Å². The first kappa shape index (κ1) is 26.4. The van der Waals surface area contributed by atoms with Crippen molar-refractivity contribution in [3.05, 3.63) is 0 Å². The maximum Gasteiger partial charge on any atom is 0.336 e. The molecule has 0 spiro atoms. The quantitative estimate of drug-likeness (QED) is 0.165. The second-order valence-electron chi connectivity index (χ2n) is 7.96. The zero-order valence-corrected chi connectivity index (χ0v) is 18.3. The first-order chi connectivity index (χ1) is 12.9. The van der Waals surface area contributed by atoms with Gasteiger partial charge >= 0.3 is 5.97 Å². The zero-order valence-electron chi connectivity index (χ0n) is 17.4. The van der Waals surface area contributed by atoms with Crippen molar-refractivity contribution in [2.45, 2.75) is 128 Å².